The summed E-state index contributed by atoms with van der Waals surface area (Å²) in [4.78, 5) is 4.37. The Labute approximate surface area is 240 Å². The molecule has 6 nitrogen and oxygen atoms in total. The van der Waals surface area contributed by atoms with E-state index in [1.54, 1.807) is 26.5 Å². The Bertz CT molecular complexity index is 1700. The van der Waals surface area contributed by atoms with Gasteiger partial charge in [0, 0.05) is 29.3 Å². The predicted molar refractivity (Wildman–Crippen MR) is 160 cm³/mol. The first-order valence-corrected chi connectivity index (χ1v) is 14.0. The quantitative estimate of drug-likeness (QED) is 0.205. The van der Waals surface area contributed by atoms with E-state index in [0.29, 0.717) is 5.69 Å². The molecule has 0 unspecified atom stereocenters. The van der Waals surface area contributed by atoms with Gasteiger partial charge in [-0.25, -0.2) is 4.98 Å². The third-order valence-electron chi connectivity index (χ3n) is 8.08. The molecule has 0 N–H and O–H groups in total. The molecule has 1 aliphatic carbocycles. The van der Waals surface area contributed by atoms with Gasteiger partial charge in [-0.3, -0.25) is 4.68 Å². The Hall–Kier alpha value is -4.89. The van der Waals surface area contributed by atoms with Gasteiger partial charge < -0.3 is 9.47 Å². The Morgan fingerprint density at radius 1 is 0.854 bits per heavy atom. The smallest absolute Gasteiger partial charge is 0.140 e. The van der Waals surface area contributed by atoms with Gasteiger partial charge in [-0.1, -0.05) is 44.2 Å². The summed E-state index contributed by atoms with van der Waals surface area (Å²) in [5.74, 6) is 1.62. The van der Waals surface area contributed by atoms with Crippen molar-refractivity contribution in [2.45, 2.75) is 39.2 Å². The molecule has 0 fully saturated rings. The number of rotatable bonds is 8. The zero-order chi connectivity index (χ0) is 28.5. The fourth-order valence-corrected chi connectivity index (χ4v) is 5.94. The summed E-state index contributed by atoms with van der Waals surface area (Å²) in [6.07, 6.45) is 4.55. The molecule has 3 aromatic carbocycles. The number of hydrogen-bond donors (Lipinski definition) is 0. The largest absolute Gasteiger partial charge is 0.497 e. The number of nitrogens with zero attached hydrogens (tertiary/aromatic N) is 4. The molecular weight excluding hydrogens is 508 g/mol. The first-order valence-electron chi connectivity index (χ1n) is 14.0. The fourth-order valence-electron chi connectivity index (χ4n) is 5.94. The van der Waals surface area contributed by atoms with Gasteiger partial charge in [0.2, 0.25) is 0 Å². The third kappa shape index (κ3) is 4.64. The average molecular weight is 541 g/mol. The molecule has 0 amide bonds. The average Bonchev–Trinajstić information content (AvgIpc) is 3.58. The number of fused-ring (bicyclic) bond motifs is 3. The molecule has 0 radical (unpaired) electrons. The van der Waals surface area contributed by atoms with Crippen molar-refractivity contribution in [3.05, 3.63) is 118 Å². The highest BCUT2D eigenvalue weighted by molar-refractivity contribution is 5.82. The predicted octanol–water partition coefficient (Wildman–Crippen LogP) is 7.17. The van der Waals surface area contributed by atoms with Crippen molar-refractivity contribution in [2.75, 3.05) is 14.2 Å². The van der Waals surface area contributed by atoms with Crippen LogP contribution in [0.5, 0.6) is 11.5 Å². The lowest BCUT2D eigenvalue weighted by Crippen LogP contribution is -2.15. The maximum Gasteiger partial charge on any atom is 0.140 e. The van der Waals surface area contributed by atoms with E-state index in [2.05, 4.69) is 66.0 Å². The Kier molecular flexibility index (Phi) is 7.03. The molecule has 0 bridgehead atoms. The molecule has 0 spiro atoms. The molecule has 5 aromatic rings. The van der Waals surface area contributed by atoms with Crippen LogP contribution in [0.1, 0.15) is 59.0 Å². The van der Waals surface area contributed by atoms with E-state index in [-0.39, 0.29) is 6.04 Å². The second kappa shape index (κ2) is 10.9. The van der Waals surface area contributed by atoms with Crippen molar-refractivity contribution in [1.29, 1.82) is 5.26 Å². The van der Waals surface area contributed by atoms with Crippen molar-refractivity contribution in [3.8, 4) is 40.1 Å². The van der Waals surface area contributed by atoms with E-state index in [9.17, 15) is 5.26 Å². The minimum Gasteiger partial charge on any atom is -0.497 e. The van der Waals surface area contributed by atoms with Gasteiger partial charge in [0.15, 0.2) is 0 Å². The van der Waals surface area contributed by atoms with Crippen LogP contribution in [0.25, 0.3) is 22.5 Å². The maximum atomic E-state index is 9.32. The molecule has 6 heteroatoms. The monoisotopic (exact) mass is 540 g/mol. The van der Waals surface area contributed by atoms with Gasteiger partial charge in [-0.15, -0.1) is 0 Å². The van der Waals surface area contributed by atoms with E-state index in [4.69, 9.17) is 14.6 Å². The standard InChI is InChI=1S/C35H32N4O2/c1-5-22-17-27-19-32-33(26-7-12-28(20-36)37-21-26)38-39(35(32)31(27)18-23(22)6-2)34(24-8-13-29(40-3)14-9-24)25-10-15-30(41-4)16-11-25/h7-18,21,34H,5-6,19H2,1-4H3. The number of aromatic nitrogens is 3. The van der Waals surface area contributed by atoms with Crippen molar-refractivity contribution in [3.63, 3.8) is 0 Å². The van der Waals surface area contributed by atoms with Crippen LogP contribution in [0.3, 0.4) is 0 Å². The summed E-state index contributed by atoms with van der Waals surface area (Å²) in [6, 6.07) is 26.8. The summed E-state index contributed by atoms with van der Waals surface area (Å²) in [5.41, 5.74) is 12.0. The molecular formula is C35H32N4O2. The van der Waals surface area contributed by atoms with Gasteiger partial charge in [0.25, 0.3) is 0 Å². The second-order valence-electron chi connectivity index (χ2n) is 10.3. The molecule has 0 aliphatic heterocycles. The van der Waals surface area contributed by atoms with Crippen LogP contribution < -0.4 is 9.47 Å². The minimum atomic E-state index is -0.192. The normalized spacial score (nSPS) is 11.7. The second-order valence-corrected chi connectivity index (χ2v) is 10.3. The zero-order valence-corrected chi connectivity index (χ0v) is 23.8. The number of aryl methyl sites for hydroxylation is 2. The fraction of sp³-hybridized carbons (Fsp3) is 0.229. The van der Waals surface area contributed by atoms with E-state index in [1.807, 2.05) is 30.3 Å². The number of benzene rings is 3. The number of nitriles is 1. The minimum absolute atomic E-state index is 0.192. The highest BCUT2D eigenvalue weighted by atomic mass is 16.5. The zero-order valence-electron chi connectivity index (χ0n) is 23.8. The molecule has 0 saturated carbocycles. The van der Waals surface area contributed by atoms with Crippen molar-refractivity contribution in [2.24, 2.45) is 0 Å². The molecule has 0 saturated heterocycles. The molecule has 0 atom stereocenters. The molecule has 1 aliphatic rings. The summed E-state index contributed by atoms with van der Waals surface area (Å²) in [7, 11) is 3.36. The third-order valence-corrected chi connectivity index (χ3v) is 8.08. The van der Waals surface area contributed by atoms with Gasteiger partial charge >= 0.3 is 0 Å². The molecule has 6 rings (SSSR count). The first kappa shape index (κ1) is 26.3. The maximum absolute atomic E-state index is 9.32. The SMILES string of the molecule is CCc1cc2c(cc1CC)-c1c(c(-c3ccc(C#N)nc3)nn1C(c1ccc(OC)cc1)c1ccc(OC)cc1)C2. The molecule has 204 valence electrons. The van der Waals surface area contributed by atoms with E-state index in [1.165, 1.54) is 27.8 Å². The van der Waals surface area contributed by atoms with Crippen LogP contribution in [0, 0.1) is 11.3 Å². The lowest BCUT2D eigenvalue weighted by Gasteiger charge is -2.22. The van der Waals surface area contributed by atoms with Crippen molar-refractivity contribution < 1.29 is 9.47 Å². The topological polar surface area (TPSA) is 73.0 Å². The highest BCUT2D eigenvalue weighted by Crippen LogP contribution is 2.46. The van der Waals surface area contributed by atoms with Gasteiger partial charge in [0.1, 0.15) is 29.3 Å². The van der Waals surface area contributed by atoms with Crippen LogP contribution in [-0.4, -0.2) is 29.0 Å². The number of hydrogen-bond acceptors (Lipinski definition) is 5. The summed E-state index contributed by atoms with van der Waals surface area (Å²) >= 11 is 0. The van der Waals surface area contributed by atoms with Crippen LogP contribution in [0.4, 0.5) is 0 Å². The molecule has 2 aromatic heterocycles. The first-order chi connectivity index (χ1) is 20.1. The summed E-state index contributed by atoms with van der Waals surface area (Å²) < 4.78 is 13.1. The number of pyridine rings is 1. The van der Waals surface area contributed by atoms with E-state index >= 15 is 0 Å². The molecule has 41 heavy (non-hydrogen) atoms. The Morgan fingerprint density at radius 3 is 1.98 bits per heavy atom. The number of methoxy groups -OCH3 is 2. The lowest BCUT2D eigenvalue weighted by molar-refractivity contribution is 0.414. The van der Waals surface area contributed by atoms with Crippen LogP contribution >= 0.6 is 0 Å². The number of ether oxygens (including phenoxy) is 2. The highest BCUT2D eigenvalue weighted by Gasteiger charge is 2.33. The van der Waals surface area contributed by atoms with Crippen LogP contribution in [0.15, 0.2) is 79.0 Å². The lowest BCUT2D eigenvalue weighted by atomic mass is 9.95. The summed E-state index contributed by atoms with van der Waals surface area (Å²) in [5, 5.41) is 14.6. The van der Waals surface area contributed by atoms with Crippen molar-refractivity contribution >= 4 is 0 Å². The van der Waals surface area contributed by atoms with Gasteiger partial charge in [0.05, 0.1) is 25.6 Å². The Morgan fingerprint density at radius 2 is 1.46 bits per heavy atom. The van der Waals surface area contributed by atoms with Gasteiger partial charge in [-0.2, -0.15) is 10.4 Å². The van der Waals surface area contributed by atoms with Gasteiger partial charge in [-0.05, 0) is 83.1 Å². The van der Waals surface area contributed by atoms with E-state index < -0.39 is 0 Å². The Balaban J connectivity index is 1.62. The van der Waals surface area contributed by atoms with Crippen molar-refractivity contribution in [1.82, 2.24) is 14.8 Å². The van der Waals surface area contributed by atoms with Crippen LogP contribution in [-0.2, 0) is 19.3 Å². The van der Waals surface area contributed by atoms with Crippen LogP contribution in [0.2, 0.25) is 0 Å². The summed E-state index contributed by atoms with van der Waals surface area (Å²) in [6.45, 7) is 4.45. The van der Waals surface area contributed by atoms with E-state index in [0.717, 1.165) is 58.8 Å². The molecule has 2 heterocycles.